The molecule has 0 bridgehead atoms. The standard InChI is InChI=1S/C16H20NP/c1-11-6-8-15-14(9-11)17(3)13-7-5-12(2)10-16(13)18(15)4/h5-9,12H,10H2,1-4H3. The molecule has 1 heterocycles. The number of likely N-dealkylation sites (N-methyl/N-ethyl adjacent to an activating group) is 1. The van der Waals surface area contributed by atoms with E-state index in [9.17, 15) is 0 Å². The van der Waals surface area contributed by atoms with Gasteiger partial charge in [0.1, 0.15) is 0 Å². The van der Waals surface area contributed by atoms with Gasteiger partial charge in [-0.05, 0) is 56.9 Å². The van der Waals surface area contributed by atoms with E-state index in [1.807, 2.05) is 0 Å². The number of nitrogens with zero attached hydrogens (tertiary/aromatic N) is 1. The molecule has 1 aromatic rings. The molecule has 1 aromatic carbocycles. The zero-order chi connectivity index (χ0) is 12.9. The van der Waals surface area contributed by atoms with E-state index in [-0.39, 0.29) is 7.92 Å². The summed E-state index contributed by atoms with van der Waals surface area (Å²) >= 11 is 0. The topological polar surface area (TPSA) is 3.24 Å². The number of allylic oxidation sites excluding steroid dienone is 3. The lowest BCUT2D eigenvalue weighted by atomic mass is 10.0. The van der Waals surface area contributed by atoms with Crippen molar-refractivity contribution in [1.82, 2.24) is 0 Å². The van der Waals surface area contributed by atoms with Crippen molar-refractivity contribution in [3.8, 4) is 0 Å². The molecule has 2 aliphatic rings. The van der Waals surface area contributed by atoms with Crippen LogP contribution in [-0.2, 0) is 0 Å². The number of fused-ring (bicyclic) bond motifs is 1. The third-order valence-corrected chi connectivity index (χ3v) is 6.34. The van der Waals surface area contributed by atoms with E-state index < -0.39 is 0 Å². The Balaban J connectivity index is 2.14. The Kier molecular flexibility index (Phi) is 2.83. The molecule has 0 N–H and O–H groups in total. The Morgan fingerprint density at radius 3 is 2.89 bits per heavy atom. The maximum Gasteiger partial charge on any atom is 0.0492 e. The highest BCUT2D eigenvalue weighted by Gasteiger charge is 2.29. The van der Waals surface area contributed by atoms with Gasteiger partial charge >= 0.3 is 0 Å². The van der Waals surface area contributed by atoms with Crippen molar-refractivity contribution in [2.24, 2.45) is 5.92 Å². The highest BCUT2D eigenvalue weighted by molar-refractivity contribution is 7.69. The maximum atomic E-state index is 2.41. The van der Waals surface area contributed by atoms with Crippen LogP contribution >= 0.6 is 7.92 Å². The van der Waals surface area contributed by atoms with Gasteiger partial charge in [0, 0.05) is 23.7 Å². The molecule has 0 saturated carbocycles. The minimum atomic E-state index is -0.144. The average molecular weight is 257 g/mol. The summed E-state index contributed by atoms with van der Waals surface area (Å²) in [7, 11) is 2.06. The van der Waals surface area contributed by atoms with Crippen molar-refractivity contribution >= 4 is 18.9 Å². The van der Waals surface area contributed by atoms with Crippen LogP contribution in [0, 0.1) is 12.8 Å². The van der Waals surface area contributed by atoms with Crippen LogP contribution in [0.5, 0.6) is 0 Å². The lowest BCUT2D eigenvalue weighted by molar-refractivity contribution is 0.717. The van der Waals surface area contributed by atoms with E-state index in [1.54, 1.807) is 10.6 Å². The zero-order valence-electron chi connectivity index (χ0n) is 11.6. The highest BCUT2D eigenvalue weighted by Crippen LogP contribution is 2.52. The van der Waals surface area contributed by atoms with Gasteiger partial charge in [-0.15, -0.1) is 0 Å². The van der Waals surface area contributed by atoms with Gasteiger partial charge in [0.25, 0.3) is 0 Å². The Morgan fingerprint density at radius 2 is 2.11 bits per heavy atom. The second kappa shape index (κ2) is 4.24. The first-order valence-electron chi connectivity index (χ1n) is 6.57. The summed E-state index contributed by atoms with van der Waals surface area (Å²) in [4.78, 5) is 2.38. The summed E-state index contributed by atoms with van der Waals surface area (Å²) in [5.41, 5.74) is 4.20. The molecular weight excluding hydrogens is 237 g/mol. The fourth-order valence-electron chi connectivity index (χ4n) is 2.90. The molecule has 2 atom stereocenters. The van der Waals surface area contributed by atoms with Gasteiger partial charge in [-0.2, -0.15) is 0 Å². The molecule has 2 unspecified atom stereocenters. The third kappa shape index (κ3) is 1.73. The van der Waals surface area contributed by atoms with Crippen LogP contribution < -0.4 is 10.2 Å². The van der Waals surface area contributed by atoms with Crippen molar-refractivity contribution in [1.29, 1.82) is 0 Å². The van der Waals surface area contributed by atoms with Gasteiger partial charge in [-0.3, -0.25) is 0 Å². The van der Waals surface area contributed by atoms with Gasteiger partial charge in [-0.1, -0.05) is 25.1 Å². The first kappa shape index (κ1) is 12.0. The molecule has 0 saturated heterocycles. The van der Waals surface area contributed by atoms with Crippen molar-refractivity contribution in [3.05, 3.63) is 46.9 Å². The van der Waals surface area contributed by atoms with E-state index in [1.165, 1.54) is 23.4 Å². The van der Waals surface area contributed by atoms with Gasteiger partial charge in [0.2, 0.25) is 0 Å². The molecule has 3 rings (SSSR count). The van der Waals surface area contributed by atoms with Gasteiger partial charge in [0.05, 0.1) is 0 Å². The van der Waals surface area contributed by atoms with Gasteiger partial charge in [0.15, 0.2) is 0 Å². The maximum absolute atomic E-state index is 2.41. The Hall–Kier alpha value is -1.07. The molecular formula is C16H20NP. The largest absolute Gasteiger partial charge is 0.344 e. The van der Waals surface area contributed by atoms with Gasteiger partial charge < -0.3 is 4.90 Å². The molecule has 1 aliphatic heterocycles. The van der Waals surface area contributed by atoms with Crippen LogP contribution in [0.4, 0.5) is 5.69 Å². The summed E-state index contributed by atoms with van der Waals surface area (Å²) < 4.78 is 0. The summed E-state index contributed by atoms with van der Waals surface area (Å²) in [6.45, 7) is 6.90. The van der Waals surface area contributed by atoms with E-state index in [2.05, 4.69) is 62.8 Å². The van der Waals surface area contributed by atoms with Crippen molar-refractivity contribution in [3.63, 3.8) is 0 Å². The summed E-state index contributed by atoms with van der Waals surface area (Å²) in [5.74, 6) is 0.689. The fourth-order valence-corrected chi connectivity index (χ4v) is 5.18. The molecule has 0 fully saturated rings. The lowest BCUT2D eigenvalue weighted by Crippen LogP contribution is -2.29. The second-order valence-electron chi connectivity index (χ2n) is 5.48. The van der Waals surface area contributed by atoms with Crippen LogP contribution in [0.25, 0.3) is 0 Å². The number of rotatable bonds is 0. The van der Waals surface area contributed by atoms with E-state index in [0.29, 0.717) is 5.92 Å². The summed E-state index contributed by atoms with van der Waals surface area (Å²) in [6.07, 6.45) is 5.90. The monoisotopic (exact) mass is 257 g/mol. The fraction of sp³-hybridized carbons (Fsp3) is 0.375. The van der Waals surface area contributed by atoms with Crippen molar-refractivity contribution < 1.29 is 0 Å². The van der Waals surface area contributed by atoms with Crippen LogP contribution in [0.2, 0.25) is 0 Å². The van der Waals surface area contributed by atoms with Crippen LogP contribution in [-0.4, -0.2) is 13.7 Å². The third-order valence-electron chi connectivity index (χ3n) is 4.01. The number of hydrogen-bond donors (Lipinski definition) is 0. The van der Waals surface area contributed by atoms with Crippen LogP contribution in [0.1, 0.15) is 18.9 Å². The van der Waals surface area contributed by atoms with E-state index in [4.69, 9.17) is 0 Å². The van der Waals surface area contributed by atoms with E-state index in [0.717, 1.165) is 0 Å². The first-order chi connectivity index (χ1) is 8.58. The van der Waals surface area contributed by atoms with Crippen LogP contribution in [0.15, 0.2) is 41.4 Å². The Bertz CT molecular complexity index is 556. The predicted octanol–water partition coefficient (Wildman–Crippen LogP) is 3.99. The minimum absolute atomic E-state index is 0.144. The SMILES string of the molecule is Cc1ccc2c(c1)N(C)C1=C(CC(C)C=C1)P2C. The Labute approximate surface area is 111 Å². The lowest BCUT2D eigenvalue weighted by Gasteiger charge is -2.38. The zero-order valence-corrected chi connectivity index (χ0v) is 12.5. The molecule has 1 aliphatic carbocycles. The smallest absolute Gasteiger partial charge is 0.0492 e. The van der Waals surface area contributed by atoms with Crippen LogP contribution in [0.3, 0.4) is 0 Å². The normalized spacial score (nSPS) is 26.1. The number of aryl methyl sites for hydroxylation is 1. The molecule has 94 valence electrons. The summed E-state index contributed by atoms with van der Waals surface area (Å²) in [6, 6.07) is 6.91. The van der Waals surface area contributed by atoms with Gasteiger partial charge in [-0.25, -0.2) is 0 Å². The molecule has 0 spiro atoms. The second-order valence-corrected chi connectivity index (χ2v) is 7.62. The molecule has 0 radical (unpaired) electrons. The quantitative estimate of drug-likeness (QED) is 0.635. The predicted molar refractivity (Wildman–Crippen MR) is 82.0 cm³/mol. The van der Waals surface area contributed by atoms with E-state index >= 15 is 0 Å². The molecule has 1 nitrogen and oxygen atoms in total. The Morgan fingerprint density at radius 1 is 1.33 bits per heavy atom. The first-order valence-corrected chi connectivity index (χ1v) is 8.36. The van der Waals surface area contributed by atoms with Crippen molar-refractivity contribution in [2.75, 3.05) is 18.6 Å². The highest BCUT2D eigenvalue weighted by atomic mass is 31.1. The molecule has 0 amide bonds. The number of benzene rings is 1. The number of anilines is 1. The molecule has 18 heavy (non-hydrogen) atoms. The molecule has 2 heteroatoms. The number of hydrogen-bond acceptors (Lipinski definition) is 1. The minimum Gasteiger partial charge on any atom is -0.344 e. The molecule has 0 aromatic heterocycles. The average Bonchev–Trinajstić information content (AvgIpc) is 2.36. The van der Waals surface area contributed by atoms with Crippen molar-refractivity contribution in [2.45, 2.75) is 20.3 Å². The summed E-state index contributed by atoms with van der Waals surface area (Å²) in [5, 5.41) is 3.21.